The minimum atomic E-state index is 0.379. The van der Waals surface area contributed by atoms with Crippen molar-refractivity contribution in [2.75, 3.05) is 18.4 Å². The van der Waals surface area contributed by atoms with Crippen LogP contribution >= 0.6 is 23.1 Å². The molecule has 2 aliphatic heterocycles. The molecule has 0 spiro atoms. The average Bonchev–Trinajstić information content (AvgIpc) is 2.87. The maximum Gasteiger partial charge on any atom is 0.160 e. The Kier molecular flexibility index (Phi) is 3.15. The molecule has 0 bridgehead atoms. The highest BCUT2D eigenvalue weighted by Crippen LogP contribution is 2.45. The summed E-state index contributed by atoms with van der Waals surface area (Å²) in [5.41, 5.74) is 0.379. The van der Waals surface area contributed by atoms with Gasteiger partial charge in [-0.15, -0.1) is 11.3 Å². The predicted molar refractivity (Wildman–Crippen MR) is 72.9 cm³/mol. The molecule has 0 saturated carbocycles. The highest BCUT2D eigenvalue weighted by Gasteiger charge is 2.30. The van der Waals surface area contributed by atoms with E-state index in [0.717, 1.165) is 17.1 Å². The zero-order chi connectivity index (χ0) is 11.8. The average molecular weight is 268 g/mol. The summed E-state index contributed by atoms with van der Waals surface area (Å²) in [4.78, 5) is 15.3. The zero-order valence-electron chi connectivity index (χ0n) is 9.81. The topological polar surface area (TPSA) is 32.3 Å². The van der Waals surface area contributed by atoms with Crippen molar-refractivity contribution in [1.29, 1.82) is 0 Å². The van der Waals surface area contributed by atoms with Gasteiger partial charge >= 0.3 is 0 Å². The van der Waals surface area contributed by atoms with Gasteiger partial charge in [-0.05, 0) is 24.8 Å². The van der Waals surface area contributed by atoms with E-state index in [1.807, 2.05) is 17.8 Å². The minimum absolute atomic E-state index is 0.379. The van der Waals surface area contributed by atoms with Gasteiger partial charge in [0, 0.05) is 18.0 Å². The van der Waals surface area contributed by atoms with Crippen LogP contribution in [0.4, 0.5) is 5.00 Å². The van der Waals surface area contributed by atoms with Crippen LogP contribution in [0.25, 0.3) is 0 Å². The van der Waals surface area contributed by atoms with Crippen LogP contribution < -0.4 is 5.32 Å². The van der Waals surface area contributed by atoms with E-state index in [1.54, 1.807) is 11.3 Å². The smallest absolute Gasteiger partial charge is 0.160 e. The van der Waals surface area contributed by atoms with Crippen molar-refractivity contribution in [2.24, 2.45) is 5.92 Å². The summed E-state index contributed by atoms with van der Waals surface area (Å²) in [5, 5.41) is 4.69. The fourth-order valence-electron chi connectivity index (χ4n) is 2.33. The van der Waals surface area contributed by atoms with Gasteiger partial charge < -0.3 is 5.32 Å². The number of fused-ring (bicyclic) bond motifs is 1. The summed E-state index contributed by atoms with van der Waals surface area (Å²) in [6.45, 7) is 4.70. The van der Waals surface area contributed by atoms with Crippen molar-refractivity contribution in [2.45, 2.75) is 30.2 Å². The van der Waals surface area contributed by atoms with E-state index in [1.165, 1.54) is 35.8 Å². The fraction of sp³-hybridized carbons (Fsp3) is 0.583. The molecular formula is C12H16N2OS2. The molecule has 0 radical (unpaired) electrons. The fourth-order valence-corrected chi connectivity index (χ4v) is 4.68. The first-order valence-electron chi connectivity index (χ1n) is 6.02. The lowest BCUT2D eigenvalue weighted by Crippen LogP contribution is -2.41. The van der Waals surface area contributed by atoms with Crippen molar-refractivity contribution in [3.8, 4) is 0 Å². The molecule has 1 aromatic rings. The van der Waals surface area contributed by atoms with Crippen LogP contribution in [0.3, 0.4) is 0 Å². The van der Waals surface area contributed by atoms with Crippen molar-refractivity contribution in [1.82, 2.24) is 4.90 Å². The molecule has 92 valence electrons. The maximum atomic E-state index is 10.7. The van der Waals surface area contributed by atoms with Crippen LogP contribution in [-0.2, 0) is 0 Å². The number of thiophene rings is 1. The number of carbonyl (C=O) groups is 1. The SMILES string of the molecule is CC1CCN(C2Nc3sc(C=O)cc3S2)CC1. The lowest BCUT2D eigenvalue weighted by Gasteiger charge is -2.34. The molecule has 1 N–H and O–H groups in total. The van der Waals surface area contributed by atoms with Crippen LogP contribution in [0.1, 0.15) is 29.4 Å². The monoisotopic (exact) mass is 268 g/mol. The van der Waals surface area contributed by atoms with E-state index in [2.05, 4.69) is 17.1 Å². The van der Waals surface area contributed by atoms with E-state index in [9.17, 15) is 4.79 Å². The predicted octanol–water partition coefficient (Wildman–Crippen LogP) is 3.09. The Morgan fingerprint density at radius 2 is 2.24 bits per heavy atom. The Bertz CT molecular complexity index is 401. The van der Waals surface area contributed by atoms with Crippen LogP contribution in [0.15, 0.2) is 11.0 Å². The van der Waals surface area contributed by atoms with Gasteiger partial charge in [-0.1, -0.05) is 18.7 Å². The second-order valence-electron chi connectivity index (χ2n) is 4.79. The Labute approximate surface area is 110 Å². The van der Waals surface area contributed by atoms with E-state index >= 15 is 0 Å². The normalized spacial score (nSPS) is 25.6. The van der Waals surface area contributed by atoms with Gasteiger partial charge in [0.25, 0.3) is 0 Å². The van der Waals surface area contributed by atoms with Gasteiger partial charge in [-0.2, -0.15) is 0 Å². The molecule has 2 aliphatic rings. The number of piperidine rings is 1. The lowest BCUT2D eigenvalue weighted by molar-refractivity contribution is 0.112. The first kappa shape index (κ1) is 11.6. The number of aldehydes is 1. The number of likely N-dealkylation sites (tertiary alicyclic amines) is 1. The van der Waals surface area contributed by atoms with Gasteiger partial charge in [0.1, 0.15) is 10.5 Å². The number of nitrogens with one attached hydrogen (secondary N) is 1. The number of anilines is 1. The number of carbonyl (C=O) groups excluding carboxylic acids is 1. The first-order chi connectivity index (χ1) is 8.26. The summed E-state index contributed by atoms with van der Waals surface area (Å²) < 4.78 is 0. The van der Waals surface area contributed by atoms with Gasteiger partial charge in [-0.3, -0.25) is 9.69 Å². The number of hydrogen-bond donors (Lipinski definition) is 1. The molecule has 1 unspecified atom stereocenters. The molecule has 5 heteroatoms. The number of thioether (sulfide) groups is 1. The summed E-state index contributed by atoms with van der Waals surface area (Å²) >= 11 is 3.41. The molecule has 0 amide bonds. The van der Waals surface area contributed by atoms with E-state index in [0.29, 0.717) is 5.50 Å². The van der Waals surface area contributed by atoms with E-state index in [4.69, 9.17) is 0 Å². The zero-order valence-corrected chi connectivity index (χ0v) is 11.4. The largest absolute Gasteiger partial charge is 0.352 e. The van der Waals surface area contributed by atoms with E-state index < -0.39 is 0 Å². The van der Waals surface area contributed by atoms with Crippen molar-refractivity contribution < 1.29 is 4.79 Å². The highest BCUT2D eigenvalue weighted by atomic mass is 32.2. The minimum Gasteiger partial charge on any atom is -0.352 e. The summed E-state index contributed by atoms with van der Waals surface area (Å²) in [5.74, 6) is 0.869. The molecule has 3 heterocycles. The lowest BCUT2D eigenvalue weighted by atomic mass is 10.00. The summed E-state index contributed by atoms with van der Waals surface area (Å²) in [6, 6.07) is 2.00. The van der Waals surface area contributed by atoms with Crippen molar-refractivity contribution >= 4 is 34.4 Å². The van der Waals surface area contributed by atoms with Gasteiger partial charge in [0.05, 0.1) is 4.88 Å². The Morgan fingerprint density at radius 1 is 1.47 bits per heavy atom. The number of hydrogen-bond acceptors (Lipinski definition) is 5. The molecule has 1 aromatic heterocycles. The van der Waals surface area contributed by atoms with E-state index in [-0.39, 0.29) is 0 Å². The quantitative estimate of drug-likeness (QED) is 0.835. The Morgan fingerprint density at radius 3 is 2.88 bits per heavy atom. The van der Waals surface area contributed by atoms with Crippen molar-refractivity contribution in [3.63, 3.8) is 0 Å². The molecule has 0 aliphatic carbocycles. The van der Waals surface area contributed by atoms with Crippen molar-refractivity contribution in [3.05, 3.63) is 10.9 Å². The standard InChI is InChI=1S/C12H16N2OS2/c1-8-2-4-14(5-3-8)12-13-11-10(17-12)6-9(7-15)16-11/h6-8,12-13H,2-5H2,1H3. The van der Waals surface area contributed by atoms with Crippen LogP contribution in [0, 0.1) is 5.92 Å². The van der Waals surface area contributed by atoms with Gasteiger partial charge in [0.2, 0.25) is 0 Å². The third-order valence-electron chi connectivity index (χ3n) is 3.48. The number of rotatable bonds is 2. The Hall–Kier alpha value is -0.520. The summed E-state index contributed by atoms with van der Waals surface area (Å²) in [6.07, 6.45) is 3.53. The van der Waals surface area contributed by atoms with Gasteiger partial charge in [0.15, 0.2) is 6.29 Å². The first-order valence-corrected chi connectivity index (χ1v) is 7.72. The molecule has 3 nitrogen and oxygen atoms in total. The van der Waals surface area contributed by atoms with Gasteiger partial charge in [-0.25, -0.2) is 0 Å². The van der Waals surface area contributed by atoms with Crippen LogP contribution in [0.5, 0.6) is 0 Å². The molecule has 1 atom stereocenters. The third kappa shape index (κ3) is 2.23. The second-order valence-corrected chi connectivity index (χ2v) is 7.00. The highest BCUT2D eigenvalue weighted by molar-refractivity contribution is 8.00. The molecule has 1 fully saturated rings. The molecular weight excluding hydrogens is 252 g/mol. The molecule has 0 aromatic carbocycles. The second kappa shape index (κ2) is 4.63. The van der Waals surface area contributed by atoms with Crippen LogP contribution in [0.2, 0.25) is 0 Å². The molecule has 3 rings (SSSR count). The number of nitrogens with zero attached hydrogens (tertiary/aromatic N) is 1. The Balaban J connectivity index is 1.65. The maximum absolute atomic E-state index is 10.7. The summed E-state index contributed by atoms with van der Waals surface area (Å²) in [7, 11) is 0. The van der Waals surface area contributed by atoms with Crippen LogP contribution in [-0.4, -0.2) is 29.8 Å². The molecule has 1 saturated heterocycles. The molecule has 17 heavy (non-hydrogen) atoms. The third-order valence-corrected chi connectivity index (χ3v) is 5.81.